The normalized spacial score (nSPS) is 20.8. The third kappa shape index (κ3) is 4.79. The number of nitrogens with one attached hydrogen (secondary N) is 1. The van der Waals surface area contributed by atoms with Gasteiger partial charge in [0.15, 0.2) is 11.5 Å². The topological polar surface area (TPSA) is 54.0 Å². The second-order valence-electron chi connectivity index (χ2n) is 9.43. The zero-order chi connectivity index (χ0) is 22.0. The number of fused-ring (bicyclic) bond motifs is 1. The maximum Gasteiger partial charge on any atom is 0.318 e. The molecule has 1 N–H and O–H groups in total. The van der Waals surface area contributed by atoms with Crippen molar-refractivity contribution in [3.05, 3.63) is 59.7 Å². The molecule has 2 amide bonds. The Morgan fingerprint density at radius 1 is 1.19 bits per heavy atom. The second kappa shape index (κ2) is 8.79. The molecule has 0 bridgehead atoms. The van der Waals surface area contributed by atoms with Crippen molar-refractivity contribution < 1.29 is 14.3 Å². The van der Waals surface area contributed by atoms with Crippen LogP contribution in [0, 0.1) is 5.41 Å². The molecular weight excluding hydrogens is 390 g/mol. The van der Waals surface area contributed by atoms with E-state index < -0.39 is 0 Å². The van der Waals surface area contributed by atoms with Gasteiger partial charge in [-0.05, 0) is 55.6 Å². The van der Waals surface area contributed by atoms with Crippen LogP contribution in [0.4, 0.5) is 4.79 Å². The number of hydrogen-bond donors (Lipinski definition) is 1. The summed E-state index contributed by atoms with van der Waals surface area (Å²) >= 11 is 0. The molecule has 2 aliphatic heterocycles. The van der Waals surface area contributed by atoms with Gasteiger partial charge in [-0.2, -0.15) is 0 Å². The first-order valence-electron chi connectivity index (χ1n) is 11.0. The Hall–Kier alpha value is -2.73. The molecule has 0 spiro atoms. The van der Waals surface area contributed by atoms with Gasteiger partial charge < -0.3 is 24.6 Å². The van der Waals surface area contributed by atoms with Crippen LogP contribution in [0.2, 0.25) is 0 Å². The minimum atomic E-state index is -0.144. The molecule has 2 aromatic rings. The number of benzene rings is 2. The van der Waals surface area contributed by atoms with Crippen LogP contribution in [0.5, 0.6) is 11.5 Å². The molecule has 0 aromatic heterocycles. The van der Waals surface area contributed by atoms with Crippen LogP contribution < -0.4 is 14.8 Å². The highest BCUT2D eigenvalue weighted by molar-refractivity contribution is 5.75. The van der Waals surface area contributed by atoms with E-state index in [1.54, 1.807) is 0 Å². The molecule has 2 heterocycles. The van der Waals surface area contributed by atoms with Crippen molar-refractivity contribution in [1.29, 1.82) is 0 Å². The van der Waals surface area contributed by atoms with E-state index in [4.69, 9.17) is 9.47 Å². The van der Waals surface area contributed by atoms with Gasteiger partial charge in [-0.1, -0.05) is 50.2 Å². The summed E-state index contributed by atoms with van der Waals surface area (Å²) in [5, 5.41) is 3.23. The molecule has 2 unspecified atom stereocenters. The van der Waals surface area contributed by atoms with Gasteiger partial charge >= 0.3 is 6.03 Å². The maximum absolute atomic E-state index is 13.6. The predicted molar refractivity (Wildman–Crippen MR) is 121 cm³/mol. The van der Waals surface area contributed by atoms with E-state index in [9.17, 15) is 4.79 Å². The number of rotatable bonds is 5. The van der Waals surface area contributed by atoms with Gasteiger partial charge in [-0.3, -0.25) is 0 Å². The zero-order valence-electron chi connectivity index (χ0n) is 18.9. The fourth-order valence-electron chi connectivity index (χ4n) is 4.83. The number of urea groups is 1. The Labute approximate surface area is 185 Å². The van der Waals surface area contributed by atoms with Crippen molar-refractivity contribution in [3.8, 4) is 11.5 Å². The largest absolute Gasteiger partial charge is 0.454 e. The Kier molecular flexibility index (Phi) is 6.10. The van der Waals surface area contributed by atoms with Crippen molar-refractivity contribution >= 4 is 6.03 Å². The fraction of sp³-hybridized carbons (Fsp3) is 0.480. The first kappa shape index (κ1) is 21.5. The molecule has 2 aromatic carbocycles. The summed E-state index contributed by atoms with van der Waals surface area (Å²) in [5.41, 5.74) is 2.14. The summed E-state index contributed by atoms with van der Waals surface area (Å²) in [6.07, 6.45) is 0.960. The summed E-state index contributed by atoms with van der Waals surface area (Å²) in [5.74, 6) is 1.48. The standard InChI is InChI=1S/C25H33N3O3/c1-18(20-10-11-21-22(14-20)31-17-30-21)26-24(29)28(15-19-8-6-5-7-9-19)23-12-13-27(4)16-25(23,2)3/h5-11,14,18,23H,12-13,15-17H2,1-4H3,(H,26,29). The molecule has 0 aliphatic carbocycles. The number of carbonyl (C=O) groups is 1. The van der Waals surface area contributed by atoms with Gasteiger partial charge in [-0.15, -0.1) is 0 Å². The number of carbonyl (C=O) groups excluding carboxylic acids is 1. The molecule has 0 radical (unpaired) electrons. The van der Waals surface area contributed by atoms with Crippen LogP contribution in [-0.4, -0.2) is 48.8 Å². The van der Waals surface area contributed by atoms with Crippen molar-refractivity contribution in [2.45, 2.75) is 45.8 Å². The van der Waals surface area contributed by atoms with E-state index in [1.807, 2.05) is 48.2 Å². The number of ether oxygens (including phenoxy) is 2. The number of hydrogen-bond acceptors (Lipinski definition) is 4. The Morgan fingerprint density at radius 2 is 1.94 bits per heavy atom. The van der Waals surface area contributed by atoms with Gasteiger partial charge in [0.1, 0.15) is 0 Å². The smallest absolute Gasteiger partial charge is 0.318 e. The summed E-state index contributed by atoms with van der Waals surface area (Å²) < 4.78 is 10.9. The number of piperidine rings is 1. The SMILES string of the molecule is CC(NC(=O)N(Cc1ccccc1)C1CCN(C)CC1(C)C)c1ccc2c(c1)OCO2. The Bertz CT molecular complexity index is 915. The first-order valence-corrected chi connectivity index (χ1v) is 11.0. The monoisotopic (exact) mass is 423 g/mol. The molecule has 6 nitrogen and oxygen atoms in total. The van der Waals surface area contributed by atoms with Crippen LogP contribution in [0.3, 0.4) is 0 Å². The van der Waals surface area contributed by atoms with Crippen LogP contribution in [-0.2, 0) is 6.54 Å². The van der Waals surface area contributed by atoms with E-state index in [0.29, 0.717) is 6.54 Å². The van der Waals surface area contributed by atoms with Crippen molar-refractivity contribution in [1.82, 2.24) is 15.1 Å². The van der Waals surface area contributed by atoms with Crippen LogP contribution in [0.1, 0.15) is 44.4 Å². The zero-order valence-corrected chi connectivity index (χ0v) is 18.9. The van der Waals surface area contributed by atoms with Gasteiger partial charge in [-0.25, -0.2) is 4.79 Å². The molecule has 1 fully saturated rings. The van der Waals surface area contributed by atoms with E-state index in [2.05, 4.69) is 43.2 Å². The maximum atomic E-state index is 13.6. The predicted octanol–water partition coefficient (Wildman–Crippen LogP) is 4.42. The van der Waals surface area contributed by atoms with Gasteiger partial charge in [0.05, 0.1) is 6.04 Å². The van der Waals surface area contributed by atoms with Crippen molar-refractivity contribution in [3.63, 3.8) is 0 Å². The Balaban J connectivity index is 1.54. The third-order valence-electron chi connectivity index (χ3n) is 6.43. The highest BCUT2D eigenvalue weighted by Crippen LogP contribution is 2.35. The van der Waals surface area contributed by atoms with Gasteiger partial charge in [0.2, 0.25) is 6.79 Å². The first-order chi connectivity index (χ1) is 14.8. The number of nitrogens with zero attached hydrogens (tertiary/aromatic N) is 2. The summed E-state index contributed by atoms with van der Waals surface area (Å²) in [6.45, 7) is 9.34. The van der Waals surface area contributed by atoms with E-state index in [1.165, 1.54) is 0 Å². The minimum absolute atomic E-state index is 0.00110. The molecular formula is C25H33N3O3. The lowest BCUT2D eigenvalue weighted by Gasteiger charge is -2.48. The molecule has 6 heteroatoms. The lowest BCUT2D eigenvalue weighted by molar-refractivity contribution is 0.0300. The molecule has 166 valence electrons. The summed E-state index contributed by atoms with van der Waals surface area (Å²) in [4.78, 5) is 18.0. The van der Waals surface area contributed by atoms with E-state index >= 15 is 0 Å². The van der Waals surface area contributed by atoms with Gasteiger partial charge in [0.25, 0.3) is 0 Å². The number of amides is 2. The van der Waals surface area contributed by atoms with E-state index in [0.717, 1.165) is 42.1 Å². The highest BCUT2D eigenvalue weighted by atomic mass is 16.7. The number of likely N-dealkylation sites (tertiary alicyclic amines) is 1. The van der Waals surface area contributed by atoms with Gasteiger partial charge in [0, 0.05) is 19.1 Å². The van der Waals surface area contributed by atoms with Crippen LogP contribution in [0.15, 0.2) is 48.5 Å². The van der Waals surface area contributed by atoms with E-state index in [-0.39, 0.29) is 30.3 Å². The second-order valence-corrected chi connectivity index (χ2v) is 9.43. The molecule has 4 rings (SSSR count). The average Bonchev–Trinajstić information content (AvgIpc) is 3.20. The molecule has 2 atom stereocenters. The summed E-state index contributed by atoms with van der Waals surface area (Å²) in [6, 6.07) is 16.1. The molecule has 31 heavy (non-hydrogen) atoms. The van der Waals surface area contributed by atoms with Crippen molar-refractivity contribution in [2.24, 2.45) is 5.41 Å². The molecule has 2 aliphatic rings. The average molecular weight is 424 g/mol. The lowest BCUT2D eigenvalue weighted by Crippen LogP contribution is -2.58. The highest BCUT2D eigenvalue weighted by Gasteiger charge is 2.40. The van der Waals surface area contributed by atoms with Crippen LogP contribution >= 0.6 is 0 Å². The minimum Gasteiger partial charge on any atom is -0.454 e. The Morgan fingerprint density at radius 3 is 2.68 bits per heavy atom. The molecule has 0 saturated carbocycles. The summed E-state index contributed by atoms with van der Waals surface area (Å²) in [7, 11) is 2.15. The van der Waals surface area contributed by atoms with Crippen LogP contribution in [0.25, 0.3) is 0 Å². The fourth-order valence-corrected chi connectivity index (χ4v) is 4.83. The quantitative estimate of drug-likeness (QED) is 0.774. The van der Waals surface area contributed by atoms with Crippen molar-refractivity contribution in [2.75, 3.05) is 26.9 Å². The molecule has 1 saturated heterocycles. The third-order valence-corrected chi connectivity index (χ3v) is 6.43. The lowest BCUT2D eigenvalue weighted by atomic mass is 9.78.